The number of hydrogen-bond donors (Lipinski definition) is 0. The molecular weight excluding hydrogens is 212 g/mol. The van der Waals surface area contributed by atoms with Crippen LogP contribution in [-0.2, 0) is 11.2 Å². The molecule has 2 nitrogen and oxygen atoms in total. The van der Waals surface area contributed by atoms with Crippen LogP contribution in [0.5, 0.6) is 5.75 Å². The van der Waals surface area contributed by atoms with Gasteiger partial charge in [-0.15, -0.1) is 0 Å². The third-order valence-corrected chi connectivity index (χ3v) is 3.08. The molecule has 94 valence electrons. The molecule has 0 spiro atoms. The second-order valence-electron chi connectivity index (χ2n) is 4.73. The first-order valence-electron chi connectivity index (χ1n) is 6.21. The van der Waals surface area contributed by atoms with Crippen LogP contribution in [0.15, 0.2) is 12.1 Å². The molecule has 0 fully saturated rings. The minimum absolute atomic E-state index is 0.454. The Hall–Kier alpha value is -1.31. The lowest BCUT2D eigenvalue weighted by Crippen LogP contribution is -1.99. The molecule has 1 aromatic rings. The maximum atomic E-state index is 10.3. The molecule has 0 aliphatic heterocycles. The van der Waals surface area contributed by atoms with E-state index in [1.807, 2.05) is 0 Å². The molecule has 0 radical (unpaired) electrons. The molecule has 0 saturated heterocycles. The van der Waals surface area contributed by atoms with Gasteiger partial charge in [-0.05, 0) is 48.4 Å². The van der Waals surface area contributed by atoms with Crippen LogP contribution in [0.4, 0.5) is 0 Å². The van der Waals surface area contributed by atoms with E-state index >= 15 is 0 Å². The van der Waals surface area contributed by atoms with Crippen molar-refractivity contribution in [2.24, 2.45) is 0 Å². The van der Waals surface area contributed by atoms with Crippen molar-refractivity contribution in [3.8, 4) is 5.75 Å². The standard InChI is InChI=1S/C15H22O2/c1-11(2)14-10-13(7-5-6-8-16)12(3)9-15(14)17-4/h8-11H,5-7H2,1-4H3. The summed E-state index contributed by atoms with van der Waals surface area (Å²) in [5.74, 6) is 1.42. The summed E-state index contributed by atoms with van der Waals surface area (Å²) in [7, 11) is 1.71. The Labute approximate surface area is 104 Å². The molecule has 0 aliphatic rings. The highest BCUT2D eigenvalue weighted by Crippen LogP contribution is 2.30. The zero-order valence-electron chi connectivity index (χ0n) is 11.2. The topological polar surface area (TPSA) is 26.3 Å². The number of methoxy groups -OCH3 is 1. The molecule has 1 rings (SSSR count). The Kier molecular flexibility index (Phi) is 5.20. The van der Waals surface area contributed by atoms with Crippen LogP contribution in [0.1, 0.15) is 49.3 Å². The van der Waals surface area contributed by atoms with Gasteiger partial charge in [0.2, 0.25) is 0 Å². The van der Waals surface area contributed by atoms with Crippen LogP contribution in [0.3, 0.4) is 0 Å². The summed E-state index contributed by atoms with van der Waals surface area (Å²) in [4.78, 5) is 10.3. The lowest BCUT2D eigenvalue weighted by atomic mass is 9.94. The van der Waals surface area contributed by atoms with Crippen LogP contribution < -0.4 is 4.74 Å². The number of aryl methyl sites for hydroxylation is 2. The second-order valence-corrected chi connectivity index (χ2v) is 4.73. The van der Waals surface area contributed by atoms with Gasteiger partial charge in [-0.25, -0.2) is 0 Å². The van der Waals surface area contributed by atoms with Gasteiger partial charge in [-0.3, -0.25) is 0 Å². The van der Waals surface area contributed by atoms with Gasteiger partial charge in [0.1, 0.15) is 12.0 Å². The zero-order valence-corrected chi connectivity index (χ0v) is 11.2. The maximum Gasteiger partial charge on any atom is 0.122 e. The van der Waals surface area contributed by atoms with Crippen molar-refractivity contribution in [1.82, 2.24) is 0 Å². The Morgan fingerprint density at radius 2 is 2.06 bits per heavy atom. The molecule has 0 atom stereocenters. The normalized spacial score (nSPS) is 10.6. The highest BCUT2D eigenvalue weighted by molar-refractivity contribution is 5.49. The van der Waals surface area contributed by atoms with Crippen molar-refractivity contribution in [1.29, 1.82) is 0 Å². The molecule has 2 heteroatoms. The number of carbonyl (C=O) groups is 1. The van der Waals surface area contributed by atoms with Gasteiger partial charge in [0.15, 0.2) is 0 Å². The fourth-order valence-electron chi connectivity index (χ4n) is 2.02. The molecule has 0 amide bonds. The molecule has 0 unspecified atom stereocenters. The fraction of sp³-hybridized carbons (Fsp3) is 0.533. The summed E-state index contributed by atoms with van der Waals surface area (Å²) in [6, 6.07) is 4.33. The van der Waals surface area contributed by atoms with Crippen LogP contribution in [0, 0.1) is 6.92 Å². The maximum absolute atomic E-state index is 10.3. The summed E-state index contributed by atoms with van der Waals surface area (Å²) in [5, 5.41) is 0. The van der Waals surface area contributed by atoms with E-state index in [1.165, 1.54) is 16.7 Å². The van der Waals surface area contributed by atoms with E-state index in [1.54, 1.807) is 7.11 Å². The van der Waals surface area contributed by atoms with E-state index < -0.39 is 0 Å². The van der Waals surface area contributed by atoms with E-state index in [0.29, 0.717) is 12.3 Å². The Morgan fingerprint density at radius 1 is 1.35 bits per heavy atom. The van der Waals surface area contributed by atoms with E-state index in [9.17, 15) is 4.79 Å². The summed E-state index contributed by atoms with van der Waals surface area (Å²) in [6.45, 7) is 6.44. The van der Waals surface area contributed by atoms with E-state index in [0.717, 1.165) is 24.9 Å². The Bertz CT molecular complexity index is 381. The average Bonchev–Trinajstić information content (AvgIpc) is 2.30. The highest BCUT2D eigenvalue weighted by atomic mass is 16.5. The lowest BCUT2D eigenvalue weighted by molar-refractivity contribution is -0.107. The van der Waals surface area contributed by atoms with Gasteiger partial charge < -0.3 is 9.53 Å². The van der Waals surface area contributed by atoms with Crippen LogP contribution in [0.2, 0.25) is 0 Å². The molecule has 0 heterocycles. The van der Waals surface area contributed by atoms with Gasteiger partial charge in [-0.1, -0.05) is 19.9 Å². The molecule has 0 bridgehead atoms. The molecule has 0 N–H and O–H groups in total. The number of rotatable bonds is 6. The van der Waals surface area contributed by atoms with Crippen molar-refractivity contribution < 1.29 is 9.53 Å². The van der Waals surface area contributed by atoms with Crippen molar-refractivity contribution in [3.63, 3.8) is 0 Å². The fourth-order valence-corrected chi connectivity index (χ4v) is 2.02. The minimum Gasteiger partial charge on any atom is -0.496 e. The summed E-state index contributed by atoms with van der Waals surface area (Å²) in [5.41, 5.74) is 3.83. The van der Waals surface area contributed by atoms with E-state index in [4.69, 9.17) is 4.74 Å². The lowest BCUT2D eigenvalue weighted by Gasteiger charge is -2.16. The predicted molar refractivity (Wildman–Crippen MR) is 70.8 cm³/mol. The van der Waals surface area contributed by atoms with E-state index in [-0.39, 0.29) is 0 Å². The molecule has 0 saturated carbocycles. The van der Waals surface area contributed by atoms with E-state index in [2.05, 4.69) is 32.9 Å². The van der Waals surface area contributed by atoms with Crippen LogP contribution in [0.25, 0.3) is 0 Å². The first kappa shape index (κ1) is 13.8. The second kappa shape index (κ2) is 6.43. The van der Waals surface area contributed by atoms with Crippen molar-refractivity contribution in [3.05, 3.63) is 28.8 Å². The smallest absolute Gasteiger partial charge is 0.122 e. The van der Waals surface area contributed by atoms with Gasteiger partial charge >= 0.3 is 0 Å². The largest absolute Gasteiger partial charge is 0.496 e. The monoisotopic (exact) mass is 234 g/mol. The number of unbranched alkanes of at least 4 members (excludes halogenated alkanes) is 1. The summed E-state index contributed by atoms with van der Waals surface area (Å²) >= 11 is 0. The molecule has 0 aromatic heterocycles. The van der Waals surface area contributed by atoms with Gasteiger partial charge in [0.25, 0.3) is 0 Å². The van der Waals surface area contributed by atoms with Crippen molar-refractivity contribution in [2.75, 3.05) is 7.11 Å². The van der Waals surface area contributed by atoms with Crippen LogP contribution in [-0.4, -0.2) is 13.4 Å². The Morgan fingerprint density at radius 3 is 2.59 bits per heavy atom. The summed E-state index contributed by atoms with van der Waals surface area (Å²) < 4.78 is 5.41. The molecule has 1 aromatic carbocycles. The first-order chi connectivity index (χ1) is 8.10. The van der Waals surface area contributed by atoms with Crippen LogP contribution >= 0.6 is 0 Å². The summed E-state index contributed by atoms with van der Waals surface area (Å²) in [6.07, 6.45) is 3.52. The highest BCUT2D eigenvalue weighted by Gasteiger charge is 2.10. The van der Waals surface area contributed by atoms with Gasteiger partial charge in [0, 0.05) is 6.42 Å². The SMILES string of the molecule is COc1cc(C)c(CCCC=O)cc1C(C)C. The minimum atomic E-state index is 0.454. The number of ether oxygens (including phenoxy) is 1. The average molecular weight is 234 g/mol. The number of aldehydes is 1. The quantitative estimate of drug-likeness (QED) is 0.555. The van der Waals surface area contributed by atoms with Crippen molar-refractivity contribution in [2.45, 2.75) is 46.0 Å². The van der Waals surface area contributed by atoms with Crippen molar-refractivity contribution >= 4 is 6.29 Å². The van der Waals surface area contributed by atoms with Gasteiger partial charge in [0.05, 0.1) is 7.11 Å². The number of carbonyl (C=O) groups excluding carboxylic acids is 1. The number of benzene rings is 1. The molecule has 0 aliphatic carbocycles. The number of hydrogen-bond acceptors (Lipinski definition) is 2. The third-order valence-electron chi connectivity index (χ3n) is 3.08. The zero-order chi connectivity index (χ0) is 12.8. The third kappa shape index (κ3) is 3.58. The predicted octanol–water partition coefficient (Wildman–Crippen LogP) is 3.65. The Balaban J connectivity index is 2.97. The molecule has 17 heavy (non-hydrogen) atoms. The molecular formula is C15H22O2. The first-order valence-corrected chi connectivity index (χ1v) is 6.21. The van der Waals surface area contributed by atoms with Gasteiger partial charge in [-0.2, -0.15) is 0 Å².